The fraction of sp³-hybridized carbons (Fsp3) is 0.133. The predicted octanol–water partition coefficient (Wildman–Crippen LogP) is 4.04. The summed E-state index contributed by atoms with van der Waals surface area (Å²) in [6.45, 7) is 0.558. The van der Waals surface area contributed by atoms with Gasteiger partial charge in [-0.15, -0.1) is 0 Å². The minimum atomic E-state index is -0.396. The SMILES string of the molecule is O=C(NCc1ccc2c(c1)OCO2)Nc1c(Cl)cccc1Cl. The van der Waals surface area contributed by atoms with Gasteiger partial charge in [0.05, 0.1) is 15.7 Å². The number of benzene rings is 2. The van der Waals surface area contributed by atoms with Gasteiger partial charge in [0.15, 0.2) is 11.5 Å². The van der Waals surface area contributed by atoms with E-state index >= 15 is 0 Å². The molecule has 5 nitrogen and oxygen atoms in total. The fourth-order valence-electron chi connectivity index (χ4n) is 2.01. The highest BCUT2D eigenvalue weighted by atomic mass is 35.5. The third-order valence-corrected chi connectivity index (χ3v) is 3.72. The molecule has 0 spiro atoms. The largest absolute Gasteiger partial charge is 0.454 e. The van der Waals surface area contributed by atoms with Crippen molar-refractivity contribution in [2.75, 3.05) is 12.1 Å². The molecule has 0 bridgehead atoms. The minimum absolute atomic E-state index is 0.220. The van der Waals surface area contributed by atoms with Gasteiger partial charge in [0.25, 0.3) is 0 Å². The third kappa shape index (κ3) is 3.21. The van der Waals surface area contributed by atoms with E-state index < -0.39 is 6.03 Å². The number of urea groups is 1. The molecule has 7 heteroatoms. The maximum atomic E-state index is 11.9. The molecular formula is C15H12Cl2N2O3. The van der Waals surface area contributed by atoms with Crippen molar-refractivity contribution in [1.82, 2.24) is 5.32 Å². The fourth-order valence-corrected chi connectivity index (χ4v) is 2.50. The van der Waals surface area contributed by atoms with E-state index in [0.717, 1.165) is 5.56 Å². The number of amides is 2. The first-order chi connectivity index (χ1) is 10.6. The first-order valence-electron chi connectivity index (χ1n) is 6.51. The molecule has 1 aliphatic heterocycles. The number of halogens is 2. The summed E-state index contributed by atoms with van der Waals surface area (Å²) in [4.78, 5) is 11.9. The third-order valence-electron chi connectivity index (χ3n) is 3.09. The van der Waals surface area contributed by atoms with Gasteiger partial charge in [-0.25, -0.2) is 4.79 Å². The molecule has 0 unspecified atom stereocenters. The summed E-state index contributed by atoms with van der Waals surface area (Å²) in [6, 6.07) is 10.1. The van der Waals surface area contributed by atoms with Crippen molar-refractivity contribution in [3.63, 3.8) is 0 Å². The van der Waals surface area contributed by atoms with Gasteiger partial charge in [-0.2, -0.15) is 0 Å². The number of carbonyl (C=O) groups is 1. The normalized spacial score (nSPS) is 12.1. The van der Waals surface area contributed by atoms with Crippen LogP contribution in [0.15, 0.2) is 36.4 Å². The van der Waals surface area contributed by atoms with Gasteiger partial charge in [-0.1, -0.05) is 35.3 Å². The second-order valence-electron chi connectivity index (χ2n) is 4.59. The zero-order valence-corrected chi connectivity index (χ0v) is 12.9. The summed E-state index contributed by atoms with van der Waals surface area (Å²) in [5.41, 5.74) is 1.28. The first-order valence-corrected chi connectivity index (χ1v) is 7.26. The van der Waals surface area contributed by atoms with Crippen LogP contribution in [0.5, 0.6) is 11.5 Å². The Morgan fingerprint density at radius 2 is 1.82 bits per heavy atom. The lowest BCUT2D eigenvalue weighted by atomic mass is 10.2. The van der Waals surface area contributed by atoms with Crippen molar-refractivity contribution in [2.24, 2.45) is 0 Å². The predicted molar refractivity (Wildman–Crippen MR) is 84.9 cm³/mol. The van der Waals surface area contributed by atoms with E-state index in [1.807, 2.05) is 18.2 Å². The molecule has 1 heterocycles. The number of hydrogen-bond acceptors (Lipinski definition) is 3. The number of nitrogens with one attached hydrogen (secondary N) is 2. The maximum Gasteiger partial charge on any atom is 0.319 e. The van der Waals surface area contributed by atoms with Crippen LogP contribution in [0.4, 0.5) is 10.5 Å². The maximum absolute atomic E-state index is 11.9. The van der Waals surface area contributed by atoms with E-state index in [9.17, 15) is 4.79 Å². The lowest BCUT2D eigenvalue weighted by molar-refractivity contribution is 0.174. The summed E-state index contributed by atoms with van der Waals surface area (Å²) in [7, 11) is 0. The van der Waals surface area contributed by atoms with Crippen LogP contribution in [0.1, 0.15) is 5.56 Å². The summed E-state index contributed by atoms with van der Waals surface area (Å²) >= 11 is 12.0. The molecule has 114 valence electrons. The van der Waals surface area contributed by atoms with Gasteiger partial charge in [-0.3, -0.25) is 0 Å². The molecule has 0 saturated carbocycles. The van der Waals surface area contributed by atoms with E-state index in [4.69, 9.17) is 32.7 Å². The molecule has 3 rings (SSSR count). The smallest absolute Gasteiger partial charge is 0.319 e. The highest BCUT2D eigenvalue weighted by molar-refractivity contribution is 6.39. The minimum Gasteiger partial charge on any atom is -0.454 e. The molecule has 0 radical (unpaired) electrons. The second-order valence-corrected chi connectivity index (χ2v) is 5.41. The van der Waals surface area contributed by atoms with Crippen LogP contribution in [0, 0.1) is 0 Å². The van der Waals surface area contributed by atoms with Gasteiger partial charge < -0.3 is 20.1 Å². The number of carbonyl (C=O) groups excluding carboxylic acids is 1. The molecule has 2 aromatic rings. The molecule has 22 heavy (non-hydrogen) atoms. The molecule has 0 aromatic heterocycles. The Bertz CT molecular complexity index is 702. The molecule has 0 atom stereocenters. The van der Waals surface area contributed by atoms with Crippen molar-refractivity contribution in [2.45, 2.75) is 6.54 Å². The Kier molecular flexibility index (Phi) is 4.27. The van der Waals surface area contributed by atoms with Crippen LogP contribution in [0.25, 0.3) is 0 Å². The Hall–Kier alpha value is -2.11. The Balaban J connectivity index is 1.61. The standard InChI is InChI=1S/C15H12Cl2N2O3/c16-10-2-1-3-11(17)14(10)19-15(20)18-7-9-4-5-12-13(6-9)22-8-21-12/h1-6H,7-8H2,(H2,18,19,20). The Morgan fingerprint density at radius 1 is 1.09 bits per heavy atom. The van der Waals surface area contributed by atoms with Gasteiger partial charge in [0, 0.05) is 6.54 Å². The molecule has 2 amide bonds. The summed E-state index contributed by atoms with van der Waals surface area (Å²) in [5.74, 6) is 1.38. The summed E-state index contributed by atoms with van der Waals surface area (Å²) in [5, 5.41) is 6.12. The lowest BCUT2D eigenvalue weighted by Gasteiger charge is -2.10. The monoisotopic (exact) mass is 338 g/mol. The average Bonchev–Trinajstić information content (AvgIpc) is 2.96. The van der Waals surface area contributed by atoms with Gasteiger partial charge in [0.2, 0.25) is 6.79 Å². The highest BCUT2D eigenvalue weighted by Gasteiger charge is 2.14. The molecule has 1 aliphatic rings. The summed E-state index contributed by atoms with van der Waals surface area (Å²) in [6.07, 6.45) is 0. The Morgan fingerprint density at radius 3 is 2.59 bits per heavy atom. The number of para-hydroxylation sites is 1. The van der Waals surface area contributed by atoms with Crippen LogP contribution in [-0.2, 0) is 6.54 Å². The number of rotatable bonds is 3. The average molecular weight is 339 g/mol. The van der Waals surface area contributed by atoms with Crippen molar-refractivity contribution in [1.29, 1.82) is 0 Å². The molecule has 0 saturated heterocycles. The zero-order valence-electron chi connectivity index (χ0n) is 11.4. The van der Waals surface area contributed by atoms with Gasteiger partial charge >= 0.3 is 6.03 Å². The van der Waals surface area contributed by atoms with E-state index in [-0.39, 0.29) is 6.79 Å². The molecular weight excluding hydrogens is 327 g/mol. The van der Waals surface area contributed by atoms with Gasteiger partial charge in [-0.05, 0) is 29.8 Å². The molecule has 2 N–H and O–H groups in total. The Labute approximate surface area is 137 Å². The number of fused-ring (bicyclic) bond motifs is 1. The van der Waals surface area contributed by atoms with Crippen molar-refractivity contribution < 1.29 is 14.3 Å². The van der Waals surface area contributed by atoms with E-state index in [0.29, 0.717) is 33.8 Å². The highest BCUT2D eigenvalue weighted by Crippen LogP contribution is 2.32. The van der Waals surface area contributed by atoms with E-state index in [1.54, 1.807) is 18.2 Å². The van der Waals surface area contributed by atoms with E-state index in [1.165, 1.54) is 0 Å². The number of hydrogen-bond donors (Lipinski definition) is 2. The van der Waals surface area contributed by atoms with Crippen molar-refractivity contribution in [3.8, 4) is 11.5 Å². The van der Waals surface area contributed by atoms with Crippen LogP contribution >= 0.6 is 23.2 Å². The molecule has 0 aliphatic carbocycles. The summed E-state index contributed by atoms with van der Waals surface area (Å²) < 4.78 is 10.5. The zero-order chi connectivity index (χ0) is 15.5. The van der Waals surface area contributed by atoms with Crippen LogP contribution in [0.3, 0.4) is 0 Å². The van der Waals surface area contributed by atoms with Crippen molar-refractivity contribution in [3.05, 3.63) is 52.0 Å². The molecule has 2 aromatic carbocycles. The lowest BCUT2D eigenvalue weighted by Crippen LogP contribution is -2.28. The van der Waals surface area contributed by atoms with Crippen LogP contribution < -0.4 is 20.1 Å². The first kappa shape index (κ1) is 14.8. The quantitative estimate of drug-likeness (QED) is 0.887. The topological polar surface area (TPSA) is 59.6 Å². The van der Waals surface area contributed by atoms with Crippen molar-refractivity contribution >= 4 is 34.9 Å². The number of anilines is 1. The van der Waals surface area contributed by atoms with Crippen LogP contribution in [-0.4, -0.2) is 12.8 Å². The molecule has 0 fully saturated rings. The second kappa shape index (κ2) is 6.34. The number of ether oxygens (including phenoxy) is 2. The van der Waals surface area contributed by atoms with Gasteiger partial charge in [0.1, 0.15) is 0 Å². The van der Waals surface area contributed by atoms with Crippen LogP contribution in [0.2, 0.25) is 10.0 Å². The van der Waals surface area contributed by atoms with E-state index in [2.05, 4.69) is 10.6 Å².